The first-order chi connectivity index (χ1) is 14.6. The molecule has 0 bridgehead atoms. The van der Waals surface area contributed by atoms with Gasteiger partial charge in [-0.2, -0.15) is 0 Å². The summed E-state index contributed by atoms with van der Waals surface area (Å²) in [6, 6.07) is 0. The summed E-state index contributed by atoms with van der Waals surface area (Å²) < 4.78 is 9.93. The van der Waals surface area contributed by atoms with Gasteiger partial charge in [-0.15, -0.1) is 0 Å². The van der Waals surface area contributed by atoms with E-state index in [0.717, 1.165) is 38.4 Å². The smallest absolute Gasteiger partial charge is 0.310 e. The molecule has 1 fully saturated rings. The van der Waals surface area contributed by atoms with Crippen LogP contribution in [0.2, 0.25) is 0 Å². The van der Waals surface area contributed by atoms with Crippen molar-refractivity contribution in [2.24, 2.45) is 0 Å². The minimum atomic E-state index is -1.22. The van der Waals surface area contributed by atoms with Crippen molar-refractivity contribution >= 4 is 5.97 Å². The summed E-state index contributed by atoms with van der Waals surface area (Å²) in [6.07, 6.45) is 18.1. The van der Waals surface area contributed by atoms with Crippen molar-refractivity contribution in [3.05, 3.63) is 24.2 Å². The molecule has 174 valence electrons. The first-order valence-electron chi connectivity index (χ1n) is 11.8. The minimum Gasteiger partial charge on any atom is -0.506 e. The van der Waals surface area contributed by atoms with Crippen LogP contribution in [0, 0.1) is 0 Å². The number of ether oxygens (including phenoxy) is 2. The molecule has 1 rings (SSSR count). The fraction of sp³-hybridized carbons (Fsp3) is 0.792. The molecule has 0 aliphatic carbocycles. The van der Waals surface area contributed by atoms with E-state index < -0.39 is 30.0 Å². The molecule has 1 aliphatic heterocycles. The summed E-state index contributed by atoms with van der Waals surface area (Å²) in [5, 5.41) is 28.8. The van der Waals surface area contributed by atoms with E-state index in [-0.39, 0.29) is 6.61 Å². The molecule has 6 heteroatoms. The lowest BCUT2D eigenvalue weighted by Gasteiger charge is -2.13. The monoisotopic (exact) mass is 426 g/mol. The largest absolute Gasteiger partial charge is 0.506 e. The highest BCUT2D eigenvalue weighted by atomic mass is 16.6. The lowest BCUT2D eigenvalue weighted by molar-refractivity contribution is -0.138. The van der Waals surface area contributed by atoms with Crippen molar-refractivity contribution in [3.63, 3.8) is 0 Å². The van der Waals surface area contributed by atoms with Crippen LogP contribution in [0.3, 0.4) is 0 Å². The van der Waals surface area contributed by atoms with Gasteiger partial charge in [0.25, 0.3) is 0 Å². The summed E-state index contributed by atoms with van der Waals surface area (Å²) in [7, 11) is 0. The lowest BCUT2D eigenvalue weighted by Crippen LogP contribution is -2.31. The van der Waals surface area contributed by atoms with E-state index in [4.69, 9.17) is 9.47 Å². The van der Waals surface area contributed by atoms with Gasteiger partial charge in [0.1, 0.15) is 24.6 Å². The normalized spacial score (nSPS) is 22.1. The van der Waals surface area contributed by atoms with Crippen molar-refractivity contribution in [2.75, 3.05) is 6.61 Å². The molecule has 0 spiro atoms. The zero-order valence-corrected chi connectivity index (χ0v) is 18.6. The third-order valence-electron chi connectivity index (χ3n) is 5.40. The Morgan fingerprint density at radius 3 is 2.07 bits per heavy atom. The van der Waals surface area contributed by atoms with E-state index in [2.05, 4.69) is 19.1 Å². The Morgan fingerprint density at radius 1 is 0.933 bits per heavy atom. The molecule has 0 amide bonds. The van der Waals surface area contributed by atoms with Gasteiger partial charge in [-0.05, 0) is 32.1 Å². The fourth-order valence-corrected chi connectivity index (χ4v) is 3.45. The molecule has 1 heterocycles. The molecule has 30 heavy (non-hydrogen) atoms. The predicted octanol–water partition coefficient (Wildman–Crippen LogP) is 5.09. The summed E-state index contributed by atoms with van der Waals surface area (Å²) in [5.74, 6) is -0.816. The topological polar surface area (TPSA) is 96.2 Å². The summed E-state index contributed by atoms with van der Waals surface area (Å²) >= 11 is 0. The second kappa shape index (κ2) is 17.3. The molecule has 0 aromatic rings. The van der Waals surface area contributed by atoms with Crippen molar-refractivity contribution in [3.8, 4) is 0 Å². The van der Waals surface area contributed by atoms with Crippen molar-refractivity contribution < 1.29 is 29.6 Å². The zero-order chi connectivity index (χ0) is 22.0. The molecule has 0 aromatic carbocycles. The molecule has 0 aromatic heterocycles. The number of rotatable bonds is 17. The third-order valence-corrected chi connectivity index (χ3v) is 5.40. The molecule has 3 atom stereocenters. The Morgan fingerprint density at radius 2 is 1.50 bits per heavy atom. The number of hydrogen-bond acceptors (Lipinski definition) is 6. The van der Waals surface area contributed by atoms with E-state index in [9.17, 15) is 20.1 Å². The zero-order valence-electron chi connectivity index (χ0n) is 18.6. The van der Waals surface area contributed by atoms with Crippen LogP contribution in [0.25, 0.3) is 0 Å². The highest BCUT2D eigenvalue weighted by Crippen LogP contribution is 2.20. The van der Waals surface area contributed by atoms with E-state index >= 15 is 0 Å². The van der Waals surface area contributed by atoms with Gasteiger partial charge in [0, 0.05) is 6.42 Å². The lowest BCUT2D eigenvalue weighted by atomic mass is 10.1. The van der Waals surface area contributed by atoms with Crippen LogP contribution in [0.1, 0.15) is 96.8 Å². The number of aliphatic hydroxyl groups excluding tert-OH is 3. The molecule has 0 radical (unpaired) electrons. The number of allylic oxidation sites excluding steroid dienone is 2. The molecule has 0 saturated carbocycles. The average Bonchev–Trinajstić information content (AvgIpc) is 3.07. The molecule has 6 nitrogen and oxygen atoms in total. The maximum absolute atomic E-state index is 11.7. The van der Waals surface area contributed by atoms with Crippen LogP contribution in [-0.4, -0.2) is 46.2 Å². The van der Waals surface area contributed by atoms with Gasteiger partial charge in [-0.25, -0.2) is 0 Å². The minimum absolute atomic E-state index is 0.0629. The van der Waals surface area contributed by atoms with Gasteiger partial charge in [0.2, 0.25) is 0 Å². The SMILES string of the molecule is CCCCCCCC/C=C\CCCCCCCC(=O)O/C=C(\O)[C@H]1OC[C@H](O)[C@H]1O. The maximum atomic E-state index is 11.7. The second-order valence-corrected chi connectivity index (χ2v) is 8.18. The van der Waals surface area contributed by atoms with Gasteiger partial charge >= 0.3 is 5.97 Å². The van der Waals surface area contributed by atoms with Gasteiger partial charge < -0.3 is 24.8 Å². The van der Waals surface area contributed by atoms with E-state index in [1.807, 2.05) is 0 Å². The highest BCUT2D eigenvalue weighted by molar-refractivity contribution is 5.69. The van der Waals surface area contributed by atoms with Crippen LogP contribution >= 0.6 is 0 Å². The average molecular weight is 427 g/mol. The molecular weight excluding hydrogens is 384 g/mol. The van der Waals surface area contributed by atoms with Crippen molar-refractivity contribution in [1.82, 2.24) is 0 Å². The number of esters is 1. The number of carbonyl (C=O) groups excluding carboxylic acids is 1. The predicted molar refractivity (Wildman–Crippen MR) is 118 cm³/mol. The van der Waals surface area contributed by atoms with Gasteiger partial charge in [-0.3, -0.25) is 4.79 Å². The number of aliphatic hydroxyl groups is 3. The Balaban J connectivity index is 1.92. The standard InChI is InChI=1S/C24H42O6/c1-2-3-4-5-6-7-8-9-10-11-12-13-14-15-16-17-22(27)29-19-21(26)24-23(28)20(25)18-30-24/h9-10,19-20,23-26,28H,2-8,11-18H2,1H3/b10-9-,21-19-/t20-,23+,24+/m0/s1. The van der Waals surface area contributed by atoms with Crippen molar-refractivity contribution in [1.29, 1.82) is 0 Å². The van der Waals surface area contributed by atoms with E-state index in [1.54, 1.807) is 0 Å². The summed E-state index contributed by atoms with van der Waals surface area (Å²) in [4.78, 5) is 11.7. The molecule has 1 aliphatic rings. The Bertz CT molecular complexity index is 502. The van der Waals surface area contributed by atoms with E-state index in [0.29, 0.717) is 6.42 Å². The van der Waals surface area contributed by atoms with Gasteiger partial charge in [-0.1, -0.05) is 70.4 Å². The number of hydrogen-bond donors (Lipinski definition) is 3. The van der Waals surface area contributed by atoms with Crippen LogP contribution in [0.15, 0.2) is 24.2 Å². The fourth-order valence-electron chi connectivity index (χ4n) is 3.45. The Hall–Kier alpha value is -1.37. The molecule has 0 unspecified atom stereocenters. The molecule has 3 N–H and O–H groups in total. The first kappa shape index (κ1) is 26.7. The van der Waals surface area contributed by atoms with Crippen LogP contribution < -0.4 is 0 Å². The van der Waals surface area contributed by atoms with Crippen molar-refractivity contribution in [2.45, 2.75) is 115 Å². The van der Waals surface area contributed by atoms with E-state index in [1.165, 1.54) is 51.4 Å². The quantitative estimate of drug-likeness (QED) is 0.130. The maximum Gasteiger partial charge on any atom is 0.310 e. The summed E-state index contributed by atoms with van der Waals surface area (Å²) in [5.41, 5.74) is 0. The van der Waals surface area contributed by atoms with Gasteiger partial charge in [0.15, 0.2) is 5.76 Å². The first-order valence-corrected chi connectivity index (χ1v) is 11.8. The third kappa shape index (κ3) is 12.4. The highest BCUT2D eigenvalue weighted by Gasteiger charge is 2.37. The number of carbonyl (C=O) groups is 1. The summed E-state index contributed by atoms with van der Waals surface area (Å²) in [6.45, 7) is 2.18. The van der Waals surface area contributed by atoms with Gasteiger partial charge in [0.05, 0.1) is 6.61 Å². The Labute approximate surface area is 182 Å². The number of unbranched alkanes of at least 4 members (excludes halogenated alkanes) is 11. The van der Waals surface area contributed by atoms with Crippen LogP contribution in [0.5, 0.6) is 0 Å². The second-order valence-electron chi connectivity index (χ2n) is 8.18. The van der Waals surface area contributed by atoms with Crippen LogP contribution in [-0.2, 0) is 14.3 Å². The molecule has 1 saturated heterocycles. The van der Waals surface area contributed by atoms with Crippen LogP contribution in [0.4, 0.5) is 0 Å². The molecular formula is C24H42O6. The Kier molecular flexibility index (Phi) is 15.4.